The monoisotopic (exact) mass is 323 g/mol. The van der Waals surface area contributed by atoms with E-state index >= 15 is 0 Å². The van der Waals surface area contributed by atoms with Gasteiger partial charge >= 0.3 is 105 Å². The fourth-order valence-electron chi connectivity index (χ4n) is 1.74. The average Bonchev–Trinajstić information content (AvgIpc) is 2.73. The molecule has 0 aliphatic heterocycles. The molecule has 0 saturated heterocycles. The van der Waals surface area contributed by atoms with E-state index in [2.05, 4.69) is 55.5 Å². The van der Waals surface area contributed by atoms with Crippen LogP contribution in [0.3, 0.4) is 0 Å². The van der Waals surface area contributed by atoms with Crippen molar-refractivity contribution in [3.05, 3.63) is 54.1 Å². The van der Waals surface area contributed by atoms with Crippen molar-refractivity contribution in [2.75, 3.05) is 0 Å². The first-order valence-corrected chi connectivity index (χ1v) is 7.58. The minimum absolute atomic E-state index is 0.279. The van der Waals surface area contributed by atoms with Crippen molar-refractivity contribution in [1.29, 1.82) is 0 Å². The van der Waals surface area contributed by atoms with E-state index in [4.69, 9.17) is 4.98 Å². The van der Waals surface area contributed by atoms with E-state index in [1.165, 1.54) is 23.8 Å². The van der Waals surface area contributed by atoms with Crippen molar-refractivity contribution in [2.24, 2.45) is 0 Å². The zero-order chi connectivity index (χ0) is 11.0. The van der Waals surface area contributed by atoms with Crippen LogP contribution in [0.25, 0.3) is 18.2 Å². The molecule has 1 heterocycles. The van der Waals surface area contributed by atoms with Gasteiger partial charge in [-0.3, -0.25) is 0 Å². The van der Waals surface area contributed by atoms with E-state index in [-0.39, 0.29) is 20.4 Å². The Hall–Kier alpha value is -1.10. The van der Waals surface area contributed by atoms with Crippen LogP contribution < -0.4 is 0 Å². The molecular formula is C14H11NTe. The second kappa shape index (κ2) is 4.05. The van der Waals surface area contributed by atoms with Crippen LogP contribution >= 0.6 is 0 Å². The van der Waals surface area contributed by atoms with Gasteiger partial charge < -0.3 is 0 Å². The fourth-order valence-corrected chi connectivity index (χ4v) is 4.79. The quantitative estimate of drug-likeness (QED) is 0.627. The average molecular weight is 321 g/mol. The summed E-state index contributed by atoms with van der Waals surface area (Å²) in [6, 6.07) is 17.1. The van der Waals surface area contributed by atoms with Gasteiger partial charge in [0, 0.05) is 0 Å². The van der Waals surface area contributed by atoms with Gasteiger partial charge in [-0.25, -0.2) is 0 Å². The third kappa shape index (κ3) is 1.80. The maximum atomic E-state index is 4.74. The summed E-state index contributed by atoms with van der Waals surface area (Å²) in [5, 5.41) is 0. The van der Waals surface area contributed by atoms with Crippen molar-refractivity contribution in [1.82, 2.24) is 4.98 Å². The zero-order valence-corrected chi connectivity index (χ0v) is 11.3. The molecule has 3 aromatic rings. The number of nitrogens with zero attached hydrogens (tertiary/aromatic N) is 1. The van der Waals surface area contributed by atoms with Crippen LogP contribution in [0.2, 0.25) is 0 Å². The van der Waals surface area contributed by atoms with Crippen LogP contribution in [0.5, 0.6) is 0 Å². The molecule has 0 spiro atoms. The van der Waals surface area contributed by atoms with E-state index < -0.39 is 0 Å². The molecule has 0 unspecified atom stereocenters. The van der Waals surface area contributed by atoms with Crippen LogP contribution in [0.4, 0.5) is 0 Å². The second-order valence-corrected chi connectivity index (χ2v) is 6.80. The van der Waals surface area contributed by atoms with E-state index in [0.29, 0.717) is 0 Å². The van der Waals surface area contributed by atoms with Gasteiger partial charge in [0.25, 0.3) is 0 Å². The molecule has 0 aliphatic carbocycles. The zero-order valence-electron chi connectivity index (χ0n) is 8.97. The number of hydrogen-bond acceptors (Lipinski definition) is 1. The Labute approximate surface area is 104 Å². The van der Waals surface area contributed by atoms with Gasteiger partial charge in [-0.2, -0.15) is 0 Å². The predicted octanol–water partition coefficient (Wildman–Crippen LogP) is 3.27. The Bertz CT molecular complexity index is 626. The molecule has 2 aromatic carbocycles. The normalized spacial score (nSPS) is 10.8. The number of aromatic nitrogens is 1. The van der Waals surface area contributed by atoms with Crippen molar-refractivity contribution in [2.45, 2.75) is 6.92 Å². The Morgan fingerprint density at radius 1 is 1.00 bits per heavy atom. The molecule has 1 nitrogen and oxygen atoms in total. The third-order valence-electron chi connectivity index (χ3n) is 2.56. The van der Waals surface area contributed by atoms with Crippen LogP contribution in [-0.4, -0.2) is 25.4 Å². The molecule has 0 atom stereocenters. The molecular weight excluding hydrogens is 310 g/mol. The topological polar surface area (TPSA) is 12.9 Å². The first-order valence-electron chi connectivity index (χ1n) is 5.25. The molecule has 1 aromatic heterocycles. The van der Waals surface area contributed by atoms with E-state index in [0.717, 1.165) is 0 Å². The van der Waals surface area contributed by atoms with Crippen LogP contribution in [-0.2, 0) is 0 Å². The molecule has 0 saturated carbocycles. The summed E-state index contributed by atoms with van der Waals surface area (Å²) in [6.45, 7) is 2.15. The molecule has 78 valence electrons. The van der Waals surface area contributed by atoms with Crippen LogP contribution in [0.1, 0.15) is 5.56 Å². The first-order chi connectivity index (χ1) is 7.83. The van der Waals surface area contributed by atoms with Crippen molar-refractivity contribution >= 4 is 29.3 Å². The molecule has 2 heteroatoms. The van der Waals surface area contributed by atoms with E-state index in [1.54, 1.807) is 0 Å². The number of rotatable bonds is 1. The van der Waals surface area contributed by atoms with Crippen molar-refractivity contribution in [3.63, 3.8) is 0 Å². The summed E-state index contributed by atoms with van der Waals surface area (Å²) in [5.74, 6) is 0. The van der Waals surface area contributed by atoms with Crippen molar-refractivity contribution < 1.29 is 0 Å². The van der Waals surface area contributed by atoms with E-state index in [1.807, 2.05) is 0 Å². The van der Waals surface area contributed by atoms with Gasteiger partial charge in [0.2, 0.25) is 0 Å². The fraction of sp³-hybridized carbons (Fsp3) is 0.0714. The summed E-state index contributed by atoms with van der Waals surface area (Å²) in [6.07, 6.45) is 0. The maximum absolute atomic E-state index is 4.74. The standard InChI is InChI=1S/C14H11NTe/c1-10-7-8-12-13(9-10)16-14(15-12)11-5-3-2-4-6-11/h2-9H,1H3. The van der Waals surface area contributed by atoms with Crippen molar-refractivity contribution in [3.8, 4) is 9.27 Å². The molecule has 0 aliphatic rings. The summed E-state index contributed by atoms with van der Waals surface area (Å²) in [7, 11) is 0. The van der Waals surface area contributed by atoms with Gasteiger partial charge in [0.15, 0.2) is 0 Å². The summed E-state index contributed by atoms with van der Waals surface area (Å²) < 4.78 is 2.79. The van der Waals surface area contributed by atoms with Crippen LogP contribution in [0, 0.1) is 6.92 Å². The SMILES string of the molecule is Cc1ccc2nc(-c3ccccc3)[te]c2c1. The first kappa shape index (κ1) is 10.1. The third-order valence-corrected chi connectivity index (χ3v) is 5.61. The summed E-state index contributed by atoms with van der Waals surface area (Å²) in [4.78, 5) is 4.74. The summed E-state index contributed by atoms with van der Waals surface area (Å²) >= 11 is -0.279. The molecule has 0 radical (unpaired) electrons. The number of benzene rings is 2. The minimum atomic E-state index is -0.279. The van der Waals surface area contributed by atoms with E-state index in [9.17, 15) is 0 Å². The number of aryl methyl sites for hydroxylation is 1. The Balaban J connectivity index is 2.19. The Kier molecular flexibility index (Phi) is 2.55. The molecule has 0 amide bonds. The van der Waals surface area contributed by atoms with Gasteiger partial charge in [0.1, 0.15) is 0 Å². The number of fused-ring (bicyclic) bond motifs is 1. The number of hydrogen-bond donors (Lipinski definition) is 0. The van der Waals surface area contributed by atoms with Gasteiger partial charge in [-0.15, -0.1) is 0 Å². The molecule has 0 bridgehead atoms. The second-order valence-electron chi connectivity index (χ2n) is 3.86. The molecule has 0 fully saturated rings. The Morgan fingerprint density at radius 2 is 1.81 bits per heavy atom. The molecule has 3 rings (SSSR count). The molecule has 0 N–H and O–H groups in total. The summed E-state index contributed by atoms with van der Waals surface area (Å²) in [5.41, 5.74) is 3.82. The van der Waals surface area contributed by atoms with Gasteiger partial charge in [0.05, 0.1) is 0 Å². The van der Waals surface area contributed by atoms with Crippen LogP contribution in [0.15, 0.2) is 48.5 Å². The molecule has 16 heavy (non-hydrogen) atoms. The predicted molar refractivity (Wildman–Crippen MR) is 68.9 cm³/mol. The van der Waals surface area contributed by atoms with Gasteiger partial charge in [-0.1, -0.05) is 0 Å². The Morgan fingerprint density at radius 3 is 2.62 bits per heavy atom. The van der Waals surface area contributed by atoms with Gasteiger partial charge in [-0.05, 0) is 0 Å².